The van der Waals surface area contributed by atoms with Gasteiger partial charge in [0.1, 0.15) is 5.58 Å². The molecule has 0 unspecified atom stereocenters. The fourth-order valence-corrected chi connectivity index (χ4v) is 8.85. The van der Waals surface area contributed by atoms with Gasteiger partial charge in [0, 0.05) is 48.4 Å². The second kappa shape index (κ2) is 8.88. The topological polar surface area (TPSA) is 19.6 Å². The second-order valence-electron chi connectivity index (χ2n) is 11.8. The number of rotatable bonds is 2. The first-order chi connectivity index (χ1) is 21.8. The Morgan fingerprint density at radius 1 is 0.591 bits per heavy atom. The third kappa shape index (κ3) is 3.17. The van der Waals surface area contributed by atoms with Crippen molar-refractivity contribution in [3.8, 4) is 0 Å². The minimum atomic E-state index is 0.121. The van der Waals surface area contributed by atoms with Gasteiger partial charge in [0.25, 0.3) is 6.71 Å². The van der Waals surface area contributed by atoms with Gasteiger partial charge in [-0.05, 0) is 71.9 Å². The van der Waals surface area contributed by atoms with Crippen molar-refractivity contribution >= 4 is 99.9 Å². The summed E-state index contributed by atoms with van der Waals surface area (Å²) in [6.07, 6.45) is 0. The standard InChI is InChI=1S/C39H25BN2OS/c1-24-22-32-36-33(23-24)42(31-19-11-16-27-26-14-5-9-20-34(26)43-38(27)31)30-18-8-7-17-29(30)40(36)39-37(28-15-6-10-21-35(28)44-39)41(32)25-12-3-2-4-13-25/h2-23H,1H3. The van der Waals surface area contributed by atoms with Crippen molar-refractivity contribution in [1.29, 1.82) is 0 Å². The molecule has 3 nitrogen and oxygen atoms in total. The number of hydrogen-bond acceptors (Lipinski definition) is 4. The summed E-state index contributed by atoms with van der Waals surface area (Å²) in [6, 6.07) is 48.3. The first-order valence-electron chi connectivity index (χ1n) is 15.1. The maximum Gasteiger partial charge on any atom is 0.264 e. The molecule has 0 atom stereocenters. The van der Waals surface area contributed by atoms with Gasteiger partial charge in [0.05, 0.1) is 11.4 Å². The molecule has 2 aliphatic rings. The molecular formula is C39H25BN2OS. The van der Waals surface area contributed by atoms with Crippen LogP contribution in [0.25, 0.3) is 32.0 Å². The highest BCUT2D eigenvalue weighted by Crippen LogP contribution is 2.49. The van der Waals surface area contributed by atoms with E-state index in [0.29, 0.717) is 0 Å². The van der Waals surface area contributed by atoms with Crippen molar-refractivity contribution in [3.63, 3.8) is 0 Å². The number of anilines is 6. The molecule has 206 valence electrons. The zero-order valence-electron chi connectivity index (χ0n) is 24.0. The smallest absolute Gasteiger partial charge is 0.264 e. The summed E-state index contributed by atoms with van der Waals surface area (Å²) in [4.78, 5) is 4.95. The molecule has 0 radical (unpaired) electrons. The van der Waals surface area contributed by atoms with Crippen LogP contribution >= 0.6 is 11.3 Å². The highest BCUT2D eigenvalue weighted by atomic mass is 32.1. The monoisotopic (exact) mass is 580 g/mol. The molecule has 5 heteroatoms. The van der Waals surface area contributed by atoms with Crippen molar-refractivity contribution in [1.82, 2.24) is 0 Å². The number of para-hydroxylation sites is 4. The molecule has 2 aliphatic heterocycles. The average Bonchev–Trinajstić information content (AvgIpc) is 3.64. The van der Waals surface area contributed by atoms with Crippen LogP contribution in [0.5, 0.6) is 0 Å². The van der Waals surface area contributed by atoms with Crippen molar-refractivity contribution in [3.05, 3.63) is 139 Å². The number of fused-ring (bicyclic) bond motifs is 9. The minimum absolute atomic E-state index is 0.121. The van der Waals surface area contributed by atoms with Crippen LogP contribution in [0, 0.1) is 6.92 Å². The number of hydrogen-bond donors (Lipinski definition) is 0. The Morgan fingerprint density at radius 2 is 1.27 bits per heavy atom. The number of thiophene rings is 1. The van der Waals surface area contributed by atoms with Gasteiger partial charge in [-0.1, -0.05) is 84.9 Å². The molecule has 0 N–H and O–H groups in total. The van der Waals surface area contributed by atoms with E-state index in [1.807, 2.05) is 17.4 Å². The van der Waals surface area contributed by atoms with Crippen LogP contribution in [0.4, 0.5) is 34.1 Å². The molecule has 4 heterocycles. The first-order valence-corrected chi connectivity index (χ1v) is 15.9. The van der Waals surface area contributed by atoms with Crippen LogP contribution in [0.2, 0.25) is 0 Å². The van der Waals surface area contributed by atoms with Crippen LogP contribution in [0.3, 0.4) is 0 Å². The van der Waals surface area contributed by atoms with E-state index in [0.717, 1.165) is 27.6 Å². The Hall–Kier alpha value is -5.26. The van der Waals surface area contributed by atoms with E-state index >= 15 is 0 Å². The SMILES string of the molecule is Cc1cc2c3c(c1)N(c1cccc4c1oc1ccccc14)c1ccccc1B3c1sc3ccccc3c1N2c1ccccc1. The zero-order chi connectivity index (χ0) is 28.9. The molecule has 6 aromatic carbocycles. The third-order valence-corrected chi connectivity index (χ3v) is 10.5. The molecule has 0 bridgehead atoms. The molecule has 0 saturated carbocycles. The fraction of sp³-hybridized carbons (Fsp3) is 0.0256. The first kappa shape index (κ1) is 24.2. The Morgan fingerprint density at radius 3 is 2.16 bits per heavy atom. The molecule has 0 aliphatic carbocycles. The Balaban J connectivity index is 1.34. The number of nitrogens with zero attached hydrogens (tertiary/aromatic N) is 2. The number of aryl methyl sites for hydroxylation is 1. The zero-order valence-corrected chi connectivity index (χ0v) is 24.8. The molecule has 2 aromatic heterocycles. The molecule has 0 amide bonds. The van der Waals surface area contributed by atoms with Gasteiger partial charge in [-0.15, -0.1) is 11.3 Å². The normalized spacial score (nSPS) is 13.4. The molecule has 10 rings (SSSR count). The Labute approximate surface area is 259 Å². The number of furan rings is 1. The Kier molecular flexibility index (Phi) is 4.89. The maximum absolute atomic E-state index is 6.63. The molecule has 44 heavy (non-hydrogen) atoms. The summed E-state index contributed by atoms with van der Waals surface area (Å²) in [5.41, 5.74) is 12.9. The highest BCUT2D eigenvalue weighted by Gasteiger charge is 2.45. The van der Waals surface area contributed by atoms with E-state index in [4.69, 9.17) is 4.42 Å². The Bertz CT molecular complexity index is 2440. The predicted octanol–water partition coefficient (Wildman–Crippen LogP) is 9.19. The van der Waals surface area contributed by atoms with Crippen molar-refractivity contribution in [2.24, 2.45) is 0 Å². The average molecular weight is 581 g/mol. The molecule has 0 fully saturated rings. The van der Waals surface area contributed by atoms with Crippen LogP contribution in [-0.2, 0) is 0 Å². The van der Waals surface area contributed by atoms with Gasteiger partial charge in [0.15, 0.2) is 5.58 Å². The third-order valence-electron chi connectivity index (χ3n) is 9.26. The molecule has 8 aromatic rings. The van der Waals surface area contributed by atoms with Gasteiger partial charge in [-0.25, -0.2) is 0 Å². The summed E-state index contributed by atoms with van der Waals surface area (Å²) in [5.74, 6) is 0. The number of benzene rings is 6. The predicted molar refractivity (Wildman–Crippen MR) is 188 cm³/mol. The van der Waals surface area contributed by atoms with E-state index in [-0.39, 0.29) is 6.71 Å². The van der Waals surface area contributed by atoms with Crippen molar-refractivity contribution < 1.29 is 4.42 Å². The van der Waals surface area contributed by atoms with Gasteiger partial charge in [0.2, 0.25) is 0 Å². The van der Waals surface area contributed by atoms with Gasteiger partial charge in [-0.3, -0.25) is 0 Å². The van der Waals surface area contributed by atoms with E-state index in [1.54, 1.807) is 0 Å². The van der Waals surface area contributed by atoms with Crippen molar-refractivity contribution in [2.45, 2.75) is 6.92 Å². The van der Waals surface area contributed by atoms with Gasteiger partial charge >= 0.3 is 0 Å². The van der Waals surface area contributed by atoms with E-state index in [9.17, 15) is 0 Å². The second-order valence-corrected chi connectivity index (χ2v) is 12.9. The maximum atomic E-state index is 6.63. The lowest BCUT2D eigenvalue weighted by molar-refractivity contribution is 0.669. The van der Waals surface area contributed by atoms with E-state index in [2.05, 4.69) is 144 Å². The largest absolute Gasteiger partial charge is 0.454 e. The van der Waals surface area contributed by atoms with Crippen LogP contribution in [0.1, 0.15) is 5.56 Å². The minimum Gasteiger partial charge on any atom is -0.454 e. The van der Waals surface area contributed by atoms with Crippen LogP contribution < -0.4 is 25.5 Å². The molecule has 0 saturated heterocycles. The van der Waals surface area contributed by atoms with Gasteiger partial charge in [-0.2, -0.15) is 0 Å². The van der Waals surface area contributed by atoms with Crippen molar-refractivity contribution in [2.75, 3.05) is 9.80 Å². The summed E-state index contributed by atoms with van der Waals surface area (Å²) in [6.45, 7) is 2.34. The molecule has 0 spiro atoms. The van der Waals surface area contributed by atoms with E-state index in [1.165, 1.54) is 59.8 Å². The lowest BCUT2D eigenvalue weighted by Crippen LogP contribution is -2.60. The van der Waals surface area contributed by atoms with Crippen LogP contribution in [-0.4, -0.2) is 6.71 Å². The van der Waals surface area contributed by atoms with E-state index < -0.39 is 0 Å². The fourth-order valence-electron chi connectivity index (χ4n) is 7.53. The quantitative estimate of drug-likeness (QED) is 0.190. The summed E-state index contributed by atoms with van der Waals surface area (Å²) in [5, 5.41) is 3.58. The van der Waals surface area contributed by atoms with Gasteiger partial charge < -0.3 is 14.2 Å². The summed E-state index contributed by atoms with van der Waals surface area (Å²) >= 11 is 1.93. The molecular weight excluding hydrogens is 555 g/mol. The lowest BCUT2D eigenvalue weighted by Gasteiger charge is -2.43. The van der Waals surface area contributed by atoms with Crippen LogP contribution in [0.15, 0.2) is 138 Å². The summed E-state index contributed by atoms with van der Waals surface area (Å²) < 4.78 is 9.34. The highest BCUT2D eigenvalue weighted by molar-refractivity contribution is 7.33. The summed E-state index contributed by atoms with van der Waals surface area (Å²) in [7, 11) is 0. The lowest BCUT2D eigenvalue weighted by atomic mass is 9.36.